The summed E-state index contributed by atoms with van der Waals surface area (Å²) in [6.07, 6.45) is 4.20. The topological polar surface area (TPSA) is 96.1 Å². The molecule has 7 nitrogen and oxygen atoms in total. The third-order valence-electron chi connectivity index (χ3n) is 3.55. The number of aromatic nitrogens is 2. The van der Waals surface area contributed by atoms with E-state index in [-0.39, 0.29) is 5.91 Å². The molecule has 2 aromatic heterocycles. The lowest BCUT2D eigenvalue weighted by Gasteiger charge is -2.03. The van der Waals surface area contributed by atoms with Gasteiger partial charge in [0, 0.05) is 17.1 Å². The summed E-state index contributed by atoms with van der Waals surface area (Å²) in [5.41, 5.74) is 1.84. The molecule has 0 bridgehead atoms. The number of nitrogens with zero attached hydrogens (tertiary/aromatic N) is 1. The van der Waals surface area contributed by atoms with Crippen LogP contribution >= 0.6 is 11.3 Å². The molecule has 0 radical (unpaired) electrons. The molecule has 0 saturated heterocycles. The summed E-state index contributed by atoms with van der Waals surface area (Å²) in [5.74, 6) is 0.212. The van der Waals surface area contributed by atoms with Crippen LogP contribution in [0, 0.1) is 5.92 Å². The van der Waals surface area contributed by atoms with Crippen molar-refractivity contribution in [3.8, 4) is 11.3 Å². The number of carbonyl (C=O) groups excluding carboxylic acids is 2. The average Bonchev–Trinajstić information content (AvgIpc) is 3.04. The van der Waals surface area contributed by atoms with Crippen molar-refractivity contribution in [3.63, 3.8) is 0 Å². The number of hydrogen-bond donors (Lipinski definition) is 3. The lowest BCUT2D eigenvalue weighted by atomic mass is 10.2. The maximum atomic E-state index is 11.8. The van der Waals surface area contributed by atoms with Gasteiger partial charge in [-0.25, -0.2) is 9.78 Å². The molecule has 0 spiro atoms. The van der Waals surface area contributed by atoms with Gasteiger partial charge >= 0.3 is 5.97 Å². The van der Waals surface area contributed by atoms with Crippen LogP contribution in [0.2, 0.25) is 0 Å². The Hall–Kier alpha value is -2.19. The molecule has 1 amide bonds. The number of ether oxygens (including phenoxy) is 1. The van der Waals surface area contributed by atoms with Crippen molar-refractivity contribution in [2.45, 2.75) is 12.8 Å². The summed E-state index contributed by atoms with van der Waals surface area (Å²) in [7, 11) is 1.33. The van der Waals surface area contributed by atoms with Gasteiger partial charge in [0.05, 0.1) is 19.3 Å². The maximum absolute atomic E-state index is 11.8. The van der Waals surface area contributed by atoms with Crippen LogP contribution in [0.4, 0.5) is 5.13 Å². The lowest BCUT2D eigenvalue weighted by Crippen LogP contribution is -2.29. The van der Waals surface area contributed by atoms with E-state index in [0.717, 1.165) is 18.0 Å². The third-order valence-corrected chi connectivity index (χ3v) is 4.31. The number of methoxy groups -OCH3 is 1. The Morgan fingerprint density at radius 1 is 1.48 bits per heavy atom. The summed E-state index contributed by atoms with van der Waals surface area (Å²) < 4.78 is 4.65. The number of rotatable bonds is 7. The van der Waals surface area contributed by atoms with Crippen LogP contribution in [0.1, 0.15) is 23.3 Å². The van der Waals surface area contributed by atoms with Gasteiger partial charge in [0.15, 0.2) is 5.13 Å². The lowest BCUT2D eigenvalue weighted by molar-refractivity contribution is -0.115. The fourth-order valence-electron chi connectivity index (χ4n) is 2.11. The Labute approximate surface area is 137 Å². The number of carbonyl (C=O) groups is 2. The zero-order valence-electron chi connectivity index (χ0n) is 12.7. The van der Waals surface area contributed by atoms with Crippen molar-refractivity contribution in [1.29, 1.82) is 0 Å². The molecule has 122 valence electrons. The SMILES string of the molecule is COC(=O)c1cc(-c2csc(NC(=O)CNCC3CC3)n2)c[nH]1. The van der Waals surface area contributed by atoms with Gasteiger partial charge in [-0.15, -0.1) is 11.3 Å². The minimum Gasteiger partial charge on any atom is -0.464 e. The van der Waals surface area contributed by atoms with Crippen LogP contribution in [-0.4, -0.2) is 42.0 Å². The van der Waals surface area contributed by atoms with Crippen LogP contribution in [0.5, 0.6) is 0 Å². The summed E-state index contributed by atoms with van der Waals surface area (Å²) in [5, 5.41) is 8.28. The van der Waals surface area contributed by atoms with E-state index in [1.807, 2.05) is 5.38 Å². The Kier molecular flexibility index (Phi) is 4.73. The van der Waals surface area contributed by atoms with Crippen LogP contribution < -0.4 is 10.6 Å². The Balaban J connectivity index is 1.55. The van der Waals surface area contributed by atoms with Gasteiger partial charge in [0.2, 0.25) is 5.91 Å². The molecule has 2 aromatic rings. The van der Waals surface area contributed by atoms with Crippen molar-refractivity contribution in [3.05, 3.63) is 23.3 Å². The molecule has 1 fully saturated rings. The summed E-state index contributed by atoms with van der Waals surface area (Å²) in [4.78, 5) is 30.4. The van der Waals surface area contributed by atoms with Gasteiger partial charge in [0.25, 0.3) is 0 Å². The molecular weight excluding hydrogens is 316 g/mol. The highest BCUT2D eigenvalue weighted by molar-refractivity contribution is 7.14. The van der Waals surface area contributed by atoms with E-state index in [1.54, 1.807) is 12.3 Å². The highest BCUT2D eigenvalue weighted by Gasteiger charge is 2.20. The highest BCUT2D eigenvalue weighted by Crippen LogP contribution is 2.27. The first-order valence-corrected chi connectivity index (χ1v) is 8.27. The van der Waals surface area contributed by atoms with Crippen molar-refractivity contribution < 1.29 is 14.3 Å². The van der Waals surface area contributed by atoms with Gasteiger partial charge in [-0.3, -0.25) is 4.79 Å². The first-order valence-electron chi connectivity index (χ1n) is 7.39. The fourth-order valence-corrected chi connectivity index (χ4v) is 2.84. The van der Waals surface area contributed by atoms with Gasteiger partial charge in [-0.2, -0.15) is 0 Å². The number of amides is 1. The van der Waals surface area contributed by atoms with Gasteiger partial charge in [-0.1, -0.05) is 0 Å². The summed E-state index contributed by atoms with van der Waals surface area (Å²) in [6.45, 7) is 1.19. The standard InChI is InChI=1S/C15H18N4O3S/c1-22-14(21)11-4-10(6-17-11)12-8-23-15(18-12)19-13(20)7-16-5-9-2-3-9/h4,6,8-9,16-17H,2-3,5,7H2,1H3,(H,18,19,20). The van der Waals surface area contributed by atoms with E-state index >= 15 is 0 Å². The number of H-pyrrole nitrogens is 1. The summed E-state index contributed by atoms with van der Waals surface area (Å²) >= 11 is 1.35. The number of aromatic amines is 1. The second-order valence-corrected chi connectivity index (χ2v) is 6.31. The molecule has 1 aliphatic carbocycles. The van der Waals surface area contributed by atoms with Crippen molar-refractivity contribution in [2.24, 2.45) is 5.92 Å². The third kappa shape index (κ3) is 4.17. The van der Waals surface area contributed by atoms with E-state index in [2.05, 4.69) is 25.3 Å². The highest BCUT2D eigenvalue weighted by atomic mass is 32.1. The Morgan fingerprint density at radius 3 is 3.04 bits per heavy atom. The predicted molar refractivity (Wildman–Crippen MR) is 87.5 cm³/mol. The number of anilines is 1. The van der Waals surface area contributed by atoms with Crippen LogP contribution in [0.25, 0.3) is 11.3 Å². The van der Waals surface area contributed by atoms with E-state index in [1.165, 1.54) is 31.3 Å². The van der Waals surface area contributed by atoms with Crippen LogP contribution in [-0.2, 0) is 9.53 Å². The molecule has 1 aliphatic rings. The molecular formula is C15H18N4O3S. The largest absolute Gasteiger partial charge is 0.464 e. The number of thiazole rings is 1. The van der Waals surface area contributed by atoms with Gasteiger partial charge in [-0.05, 0) is 31.4 Å². The predicted octanol–water partition coefficient (Wildman–Crippen LogP) is 1.86. The molecule has 23 heavy (non-hydrogen) atoms. The minimum absolute atomic E-state index is 0.101. The number of nitrogens with one attached hydrogen (secondary N) is 3. The summed E-state index contributed by atoms with van der Waals surface area (Å²) in [6, 6.07) is 1.67. The van der Waals surface area contributed by atoms with Crippen molar-refractivity contribution >= 4 is 28.3 Å². The molecule has 2 heterocycles. The first kappa shape index (κ1) is 15.7. The van der Waals surface area contributed by atoms with E-state index in [4.69, 9.17) is 0 Å². The molecule has 0 atom stereocenters. The number of hydrogen-bond acceptors (Lipinski definition) is 6. The fraction of sp³-hybridized carbons (Fsp3) is 0.400. The molecule has 3 N–H and O–H groups in total. The zero-order chi connectivity index (χ0) is 16.2. The molecule has 0 aliphatic heterocycles. The second kappa shape index (κ2) is 6.93. The normalized spacial score (nSPS) is 13.8. The molecule has 3 rings (SSSR count). The zero-order valence-corrected chi connectivity index (χ0v) is 13.5. The van der Waals surface area contributed by atoms with Crippen LogP contribution in [0.15, 0.2) is 17.6 Å². The average molecular weight is 334 g/mol. The smallest absolute Gasteiger partial charge is 0.354 e. The monoisotopic (exact) mass is 334 g/mol. The first-order chi connectivity index (χ1) is 11.2. The van der Waals surface area contributed by atoms with E-state index in [0.29, 0.717) is 23.1 Å². The minimum atomic E-state index is -0.429. The van der Waals surface area contributed by atoms with E-state index < -0.39 is 5.97 Å². The number of esters is 1. The Bertz CT molecular complexity index is 705. The quantitative estimate of drug-likeness (QED) is 0.672. The second-order valence-electron chi connectivity index (χ2n) is 5.45. The molecule has 0 unspecified atom stereocenters. The van der Waals surface area contributed by atoms with Gasteiger partial charge in [0.1, 0.15) is 5.69 Å². The van der Waals surface area contributed by atoms with Crippen molar-refractivity contribution in [2.75, 3.05) is 25.5 Å². The molecule has 0 aromatic carbocycles. The van der Waals surface area contributed by atoms with Gasteiger partial charge < -0.3 is 20.4 Å². The maximum Gasteiger partial charge on any atom is 0.354 e. The Morgan fingerprint density at radius 2 is 2.30 bits per heavy atom. The van der Waals surface area contributed by atoms with E-state index in [9.17, 15) is 9.59 Å². The molecule has 8 heteroatoms. The van der Waals surface area contributed by atoms with Crippen LogP contribution in [0.3, 0.4) is 0 Å². The van der Waals surface area contributed by atoms with Crippen molar-refractivity contribution in [1.82, 2.24) is 15.3 Å². The molecule has 1 saturated carbocycles.